The van der Waals surface area contributed by atoms with E-state index in [0.29, 0.717) is 29.4 Å². The Hall–Kier alpha value is -3.00. The lowest BCUT2D eigenvalue weighted by Gasteiger charge is -2.11. The van der Waals surface area contributed by atoms with Gasteiger partial charge in [0.1, 0.15) is 17.1 Å². The third kappa shape index (κ3) is 4.85. The first-order chi connectivity index (χ1) is 15.8. The highest BCUT2D eigenvalue weighted by atomic mass is 32.2. The summed E-state index contributed by atoms with van der Waals surface area (Å²) < 4.78 is 46.3. The number of imidazole rings is 1. The summed E-state index contributed by atoms with van der Waals surface area (Å²) in [5, 5.41) is 0. The molecule has 2 aromatic heterocycles. The zero-order valence-electron chi connectivity index (χ0n) is 18.6. The first-order valence-electron chi connectivity index (χ1n) is 10.7. The van der Waals surface area contributed by atoms with Crippen molar-refractivity contribution < 1.29 is 17.9 Å². The zero-order chi connectivity index (χ0) is 23.6. The number of fused-ring (bicyclic) bond motifs is 1. The number of aryl methyl sites for hydroxylation is 2. The molecule has 0 atom stereocenters. The van der Waals surface area contributed by atoms with Crippen molar-refractivity contribution in [3.05, 3.63) is 71.4 Å². The minimum Gasteiger partial charge on any atom is -0.494 e. The number of aromatic nitrogens is 3. The highest BCUT2D eigenvalue weighted by molar-refractivity contribution is 7.98. The smallest absolute Gasteiger partial charge is 0.416 e. The number of thioether (sulfide) groups is 1. The molecule has 0 saturated heterocycles. The molecule has 0 bridgehead atoms. The van der Waals surface area contributed by atoms with Gasteiger partial charge in [-0.15, -0.1) is 11.8 Å². The predicted molar refractivity (Wildman–Crippen MR) is 125 cm³/mol. The first-order valence-corrected chi connectivity index (χ1v) is 11.7. The minimum absolute atomic E-state index is 0.581. The van der Waals surface area contributed by atoms with Crippen molar-refractivity contribution in [3.8, 4) is 17.1 Å². The van der Waals surface area contributed by atoms with Gasteiger partial charge in [-0.05, 0) is 60.9 Å². The van der Waals surface area contributed by atoms with Crippen LogP contribution in [-0.4, -0.2) is 21.1 Å². The lowest BCUT2D eigenvalue weighted by molar-refractivity contribution is -0.137. The maximum Gasteiger partial charge on any atom is 0.416 e. The van der Waals surface area contributed by atoms with Crippen LogP contribution in [0.3, 0.4) is 0 Å². The van der Waals surface area contributed by atoms with Crippen molar-refractivity contribution in [1.29, 1.82) is 0 Å². The molecule has 0 fully saturated rings. The average Bonchev–Trinajstić information content (AvgIpc) is 3.15. The molecule has 4 nitrogen and oxygen atoms in total. The summed E-state index contributed by atoms with van der Waals surface area (Å²) in [6.07, 6.45) is -1.73. The summed E-state index contributed by atoms with van der Waals surface area (Å²) in [6.45, 7) is 4.72. The van der Waals surface area contributed by atoms with E-state index in [0.717, 1.165) is 40.3 Å². The maximum atomic E-state index is 12.9. The molecular formula is C25H24F3N3OS. The van der Waals surface area contributed by atoms with Gasteiger partial charge in [0, 0.05) is 29.5 Å². The molecule has 4 rings (SSSR count). The number of rotatable bonds is 7. The van der Waals surface area contributed by atoms with Crippen molar-refractivity contribution in [3.63, 3.8) is 0 Å². The molecule has 0 unspecified atom stereocenters. The number of halogens is 3. The van der Waals surface area contributed by atoms with Crippen LogP contribution in [0.5, 0.6) is 5.75 Å². The van der Waals surface area contributed by atoms with Gasteiger partial charge in [-0.2, -0.15) is 13.2 Å². The summed E-state index contributed by atoms with van der Waals surface area (Å²) in [7, 11) is 1.83. The van der Waals surface area contributed by atoms with Gasteiger partial charge in [0.25, 0.3) is 0 Å². The lowest BCUT2D eigenvalue weighted by atomic mass is 10.1. The normalized spacial score (nSPS) is 11.8. The Kier molecular flexibility index (Phi) is 6.65. The molecule has 0 saturated carbocycles. The third-order valence-electron chi connectivity index (χ3n) is 5.42. The molecule has 0 radical (unpaired) electrons. The van der Waals surface area contributed by atoms with E-state index in [2.05, 4.69) is 24.0 Å². The van der Waals surface area contributed by atoms with Crippen LogP contribution in [0, 0.1) is 0 Å². The minimum atomic E-state index is -4.37. The summed E-state index contributed by atoms with van der Waals surface area (Å²) in [4.78, 5) is 10.3. The summed E-state index contributed by atoms with van der Waals surface area (Å²) in [5.74, 6) is 2.19. The topological polar surface area (TPSA) is 39.9 Å². The number of alkyl halides is 3. The quantitative estimate of drug-likeness (QED) is 0.275. The van der Waals surface area contributed by atoms with Crippen LogP contribution >= 0.6 is 11.8 Å². The number of hydrogen-bond donors (Lipinski definition) is 0. The maximum absolute atomic E-state index is 12.9. The molecule has 2 heterocycles. The van der Waals surface area contributed by atoms with E-state index in [-0.39, 0.29) is 0 Å². The Morgan fingerprint density at radius 3 is 2.42 bits per heavy atom. The highest BCUT2D eigenvalue weighted by Crippen LogP contribution is 2.33. The molecule has 0 amide bonds. The van der Waals surface area contributed by atoms with Gasteiger partial charge in [0.2, 0.25) is 0 Å². The van der Waals surface area contributed by atoms with E-state index < -0.39 is 11.7 Å². The van der Waals surface area contributed by atoms with E-state index >= 15 is 0 Å². The number of pyridine rings is 1. The van der Waals surface area contributed by atoms with Gasteiger partial charge in [0.15, 0.2) is 5.65 Å². The second-order valence-corrected chi connectivity index (χ2v) is 8.61. The molecule has 0 aliphatic rings. The Labute approximate surface area is 194 Å². The van der Waals surface area contributed by atoms with Crippen molar-refractivity contribution in [2.75, 3.05) is 6.61 Å². The standard InChI is InChI=1S/C25H24F3N3OS/c1-4-16-14-20(10-11-21(16)32-5-2)33-15-18-12-13-29-24-22(18)30-23(31(24)3)17-6-8-19(9-7-17)25(26,27)28/h6-14H,4-5,15H2,1-3H3. The number of hydrogen-bond acceptors (Lipinski definition) is 4. The summed E-state index contributed by atoms with van der Waals surface area (Å²) >= 11 is 1.70. The summed E-state index contributed by atoms with van der Waals surface area (Å²) in [5.41, 5.74) is 3.58. The lowest BCUT2D eigenvalue weighted by Crippen LogP contribution is -2.04. The highest BCUT2D eigenvalue weighted by Gasteiger charge is 2.30. The fourth-order valence-electron chi connectivity index (χ4n) is 3.69. The van der Waals surface area contributed by atoms with E-state index in [1.807, 2.05) is 30.7 Å². The van der Waals surface area contributed by atoms with Crippen molar-refractivity contribution in [1.82, 2.24) is 14.5 Å². The first kappa shape index (κ1) is 23.2. The van der Waals surface area contributed by atoms with Crippen LogP contribution in [0.1, 0.15) is 30.5 Å². The monoisotopic (exact) mass is 471 g/mol. The van der Waals surface area contributed by atoms with Gasteiger partial charge in [-0.1, -0.05) is 19.1 Å². The second-order valence-electron chi connectivity index (χ2n) is 7.56. The molecule has 0 spiro atoms. The fourth-order valence-corrected chi connectivity index (χ4v) is 4.64. The Morgan fingerprint density at radius 2 is 1.76 bits per heavy atom. The van der Waals surface area contributed by atoms with Gasteiger partial charge >= 0.3 is 6.18 Å². The van der Waals surface area contributed by atoms with E-state index in [9.17, 15) is 13.2 Å². The largest absolute Gasteiger partial charge is 0.494 e. The van der Waals surface area contributed by atoms with Gasteiger partial charge in [-0.25, -0.2) is 9.97 Å². The van der Waals surface area contributed by atoms with E-state index in [1.54, 1.807) is 18.0 Å². The van der Waals surface area contributed by atoms with Crippen LogP contribution in [0.4, 0.5) is 13.2 Å². The molecule has 33 heavy (non-hydrogen) atoms. The van der Waals surface area contributed by atoms with Crippen molar-refractivity contribution in [2.45, 2.75) is 37.1 Å². The van der Waals surface area contributed by atoms with Crippen LogP contribution < -0.4 is 4.74 Å². The number of benzene rings is 2. The van der Waals surface area contributed by atoms with Crippen LogP contribution in [-0.2, 0) is 25.4 Å². The van der Waals surface area contributed by atoms with E-state index in [1.165, 1.54) is 17.7 Å². The molecule has 4 aromatic rings. The Morgan fingerprint density at radius 1 is 1.00 bits per heavy atom. The molecule has 2 aromatic carbocycles. The molecule has 0 N–H and O–H groups in total. The SMILES string of the molecule is CCOc1ccc(SCc2ccnc3c2nc(-c2ccc(C(F)(F)F)cc2)n3C)cc1CC. The molecule has 0 aliphatic carbocycles. The number of nitrogens with zero attached hydrogens (tertiary/aromatic N) is 3. The average molecular weight is 472 g/mol. The van der Waals surface area contributed by atoms with Crippen molar-refractivity contribution >= 4 is 22.9 Å². The molecule has 0 aliphatic heterocycles. The van der Waals surface area contributed by atoms with Crippen molar-refractivity contribution in [2.24, 2.45) is 7.05 Å². The zero-order valence-corrected chi connectivity index (χ0v) is 19.4. The van der Waals surface area contributed by atoms with Crippen LogP contribution in [0.2, 0.25) is 0 Å². The van der Waals surface area contributed by atoms with Gasteiger partial charge in [0.05, 0.1) is 12.2 Å². The molecular weight excluding hydrogens is 447 g/mol. The van der Waals surface area contributed by atoms with Crippen LogP contribution in [0.25, 0.3) is 22.6 Å². The summed E-state index contributed by atoms with van der Waals surface area (Å²) in [6, 6.07) is 13.2. The van der Waals surface area contributed by atoms with Gasteiger partial charge < -0.3 is 9.30 Å². The Balaban J connectivity index is 1.61. The molecule has 172 valence electrons. The van der Waals surface area contributed by atoms with E-state index in [4.69, 9.17) is 9.72 Å². The Bertz CT molecular complexity index is 1270. The fraction of sp³-hybridized carbons (Fsp3) is 0.280. The van der Waals surface area contributed by atoms with Crippen LogP contribution in [0.15, 0.2) is 59.6 Å². The predicted octanol–water partition coefficient (Wildman–Crippen LogP) is 6.91. The second kappa shape index (κ2) is 9.47. The molecule has 8 heteroatoms. The third-order valence-corrected chi connectivity index (χ3v) is 6.46. The van der Waals surface area contributed by atoms with Gasteiger partial charge in [-0.3, -0.25) is 0 Å². The number of ether oxygens (including phenoxy) is 1.